The Kier molecular flexibility index (Phi) is 3.79. The van der Waals surface area contributed by atoms with E-state index in [9.17, 15) is 14.4 Å². The molecule has 0 heterocycles. The number of imide groups is 1. The summed E-state index contributed by atoms with van der Waals surface area (Å²) in [6.45, 7) is 1.21. The summed E-state index contributed by atoms with van der Waals surface area (Å²) in [7, 11) is 0. The summed E-state index contributed by atoms with van der Waals surface area (Å²) in [5.74, 6) is -1.84. The molecule has 0 aliphatic carbocycles. The first-order valence-electron chi connectivity index (χ1n) is 6.01. The summed E-state index contributed by atoms with van der Waals surface area (Å²) < 4.78 is 0. The lowest BCUT2D eigenvalue weighted by Gasteiger charge is -2.15. The Bertz CT molecular complexity index is 688. The molecule has 0 unspecified atom stereocenters. The van der Waals surface area contributed by atoms with Gasteiger partial charge in [-0.25, -0.2) is 0 Å². The van der Waals surface area contributed by atoms with Gasteiger partial charge in [0.15, 0.2) is 0 Å². The van der Waals surface area contributed by atoms with Crippen molar-refractivity contribution in [3.05, 3.63) is 47.5 Å². The normalized spacial score (nSPS) is 10.2. The second kappa shape index (κ2) is 5.52. The second-order valence-corrected chi connectivity index (χ2v) is 4.41. The Labute approximate surface area is 115 Å². The van der Waals surface area contributed by atoms with Gasteiger partial charge in [0.1, 0.15) is 6.54 Å². The highest BCUT2D eigenvalue weighted by Gasteiger charge is 2.20. The maximum absolute atomic E-state index is 12.3. The molecular formula is C15H13NO4. The molecule has 5 nitrogen and oxygen atoms in total. The van der Waals surface area contributed by atoms with Crippen molar-refractivity contribution in [3.63, 3.8) is 0 Å². The number of carbonyl (C=O) groups is 3. The van der Waals surface area contributed by atoms with E-state index in [1.807, 2.05) is 31.2 Å². The van der Waals surface area contributed by atoms with Crippen LogP contribution >= 0.6 is 0 Å². The predicted molar refractivity (Wildman–Crippen MR) is 73.4 cm³/mol. The number of aliphatic carboxylic acids is 1. The first-order chi connectivity index (χ1) is 9.54. The minimum Gasteiger partial charge on any atom is -0.480 e. The van der Waals surface area contributed by atoms with Crippen LogP contribution in [0.1, 0.15) is 15.9 Å². The number of hydrogen-bond acceptors (Lipinski definition) is 3. The summed E-state index contributed by atoms with van der Waals surface area (Å²) in [5, 5.41) is 10.3. The molecule has 0 fully saturated rings. The van der Waals surface area contributed by atoms with E-state index in [-0.39, 0.29) is 6.41 Å². The van der Waals surface area contributed by atoms with Crippen LogP contribution in [0.3, 0.4) is 0 Å². The molecule has 2 aromatic carbocycles. The van der Waals surface area contributed by atoms with Crippen LogP contribution in [-0.4, -0.2) is 34.8 Å². The van der Waals surface area contributed by atoms with Gasteiger partial charge in [0.2, 0.25) is 6.41 Å². The van der Waals surface area contributed by atoms with Crippen LogP contribution in [0.5, 0.6) is 0 Å². The van der Waals surface area contributed by atoms with Gasteiger partial charge in [-0.05, 0) is 29.3 Å². The first-order valence-corrected chi connectivity index (χ1v) is 6.01. The largest absolute Gasteiger partial charge is 0.480 e. The number of fused-ring (bicyclic) bond motifs is 1. The molecule has 5 heteroatoms. The van der Waals surface area contributed by atoms with Gasteiger partial charge in [-0.15, -0.1) is 0 Å². The van der Waals surface area contributed by atoms with Crippen LogP contribution in [0.15, 0.2) is 36.4 Å². The topological polar surface area (TPSA) is 74.7 Å². The zero-order valence-electron chi connectivity index (χ0n) is 10.9. The minimum atomic E-state index is -1.23. The average Bonchev–Trinajstić information content (AvgIpc) is 2.43. The molecule has 2 rings (SSSR count). The van der Waals surface area contributed by atoms with Gasteiger partial charge in [-0.3, -0.25) is 19.3 Å². The maximum atomic E-state index is 12.3. The average molecular weight is 271 g/mol. The Morgan fingerprint density at radius 3 is 2.45 bits per heavy atom. The molecule has 0 radical (unpaired) electrons. The molecule has 0 bridgehead atoms. The molecule has 0 spiro atoms. The summed E-state index contributed by atoms with van der Waals surface area (Å²) in [6.07, 6.45) is 0.244. The number of benzene rings is 2. The maximum Gasteiger partial charge on any atom is 0.323 e. The molecule has 0 aromatic heterocycles. The van der Waals surface area contributed by atoms with Gasteiger partial charge in [0.25, 0.3) is 5.91 Å². The zero-order valence-corrected chi connectivity index (χ0v) is 10.9. The number of carbonyl (C=O) groups excluding carboxylic acids is 2. The highest BCUT2D eigenvalue weighted by molar-refractivity contribution is 6.11. The lowest BCUT2D eigenvalue weighted by atomic mass is 9.99. The molecule has 102 valence electrons. The number of amides is 2. The van der Waals surface area contributed by atoms with Crippen LogP contribution < -0.4 is 0 Å². The van der Waals surface area contributed by atoms with Crippen molar-refractivity contribution in [1.82, 2.24) is 4.90 Å². The summed E-state index contributed by atoms with van der Waals surface area (Å²) >= 11 is 0. The predicted octanol–water partition coefficient (Wildman–Crippen LogP) is 1.83. The van der Waals surface area contributed by atoms with Gasteiger partial charge in [-0.1, -0.05) is 30.3 Å². The van der Waals surface area contributed by atoms with Crippen LogP contribution in [0.25, 0.3) is 10.8 Å². The van der Waals surface area contributed by atoms with E-state index in [0.29, 0.717) is 10.5 Å². The molecule has 0 aliphatic rings. The number of aryl methyl sites for hydroxylation is 1. The van der Waals surface area contributed by atoms with Crippen LogP contribution in [0, 0.1) is 6.92 Å². The van der Waals surface area contributed by atoms with E-state index < -0.39 is 18.4 Å². The van der Waals surface area contributed by atoms with E-state index in [4.69, 9.17) is 5.11 Å². The fourth-order valence-electron chi connectivity index (χ4n) is 2.16. The van der Waals surface area contributed by atoms with Gasteiger partial charge in [0, 0.05) is 5.56 Å². The lowest BCUT2D eigenvalue weighted by Crippen LogP contribution is -2.34. The number of carboxylic acids is 1. The molecule has 0 atom stereocenters. The summed E-state index contributed by atoms with van der Waals surface area (Å²) in [4.78, 5) is 34.6. The lowest BCUT2D eigenvalue weighted by molar-refractivity contribution is -0.139. The number of hydrogen-bond donors (Lipinski definition) is 1. The summed E-state index contributed by atoms with van der Waals surface area (Å²) in [5.41, 5.74) is 1.22. The Morgan fingerprint density at radius 1 is 1.20 bits per heavy atom. The standard InChI is InChI=1S/C15H13NO4/c1-10-4-2-5-11-6-3-7-12(14(10)11)15(20)16(9-17)8-13(18)19/h2-7,9H,8H2,1H3,(H,18,19). The monoisotopic (exact) mass is 271 g/mol. The van der Waals surface area contributed by atoms with Crippen molar-refractivity contribution < 1.29 is 19.5 Å². The third kappa shape index (κ3) is 2.51. The number of rotatable bonds is 4. The molecular weight excluding hydrogens is 258 g/mol. The molecule has 0 saturated carbocycles. The SMILES string of the molecule is Cc1cccc2cccc(C(=O)N(C=O)CC(=O)O)c12. The van der Waals surface area contributed by atoms with E-state index in [0.717, 1.165) is 16.3 Å². The van der Waals surface area contributed by atoms with Crippen molar-refractivity contribution in [2.45, 2.75) is 6.92 Å². The molecule has 1 N–H and O–H groups in total. The fourth-order valence-corrected chi connectivity index (χ4v) is 2.16. The fraction of sp³-hybridized carbons (Fsp3) is 0.133. The Morgan fingerprint density at radius 2 is 1.85 bits per heavy atom. The number of carboxylic acid groups (broad SMARTS) is 1. The zero-order chi connectivity index (χ0) is 14.7. The molecule has 0 aliphatic heterocycles. The van der Waals surface area contributed by atoms with Gasteiger partial charge >= 0.3 is 5.97 Å². The highest BCUT2D eigenvalue weighted by Crippen LogP contribution is 2.23. The van der Waals surface area contributed by atoms with Crippen molar-refractivity contribution in [3.8, 4) is 0 Å². The minimum absolute atomic E-state index is 0.244. The van der Waals surface area contributed by atoms with Crippen LogP contribution in [0.4, 0.5) is 0 Å². The molecule has 2 aromatic rings. The quantitative estimate of drug-likeness (QED) is 0.861. The third-order valence-corrected chi connectivity index (χ3v) is 3.04. The van der Waals surface area contributed by atoms with E-state index in [1.54, 1.807) is 12.1 Å². The van der Waals surface area contributed by atoms with E-state index >= 15 is 0 Å². The smallest absolute Gasteiger partial charge is 0.323 e. The van der Waals surface area contributed by atoms with Crippen molar-refractivity contribution >= 4 is 29.1 Å². The first kappa shape index (κ1) is 13.7. The third-order valence-electron chi connectivity index (χ3n) is 3.04. The van der Waals surface area contributed by atoms with Crippen molar-refractivity contribution in [2.24, 2.45) is 0 Å². The molecule has 0 saturated heterocycles. The molecule has 20 heavy (non-hydrogen) atoms. The Balaban J connectivity index is 2.54. The van der Waals surface area contributed by atoms with Crippen LogP contribution in [-0.2, 0) is 9.59 Å². The van der Waals surface area contributed by atoms with Gasteiger partial charge in [-0.2, -0.15) is 0 Å². The van der Waals surface area contributed by atoms with E-state index in [1.165, 1.54) is 0 Å². The van der Waals surface area contributed by atoms with E-state index in [2.05, 4.69) is 0 Å². The molecule has 2 amide bonds. The number of nitrogens with zero attached hydrogens (tertiary/aromatic N) is 1. The second-order valence-electron chi connectivity index (χ2n) is 4.41. The van der Waals surface area contributed by atoms with Crippen LogP contribution in [0.2, 0.25) is 0 Å². The van der Waals surface area contributed by atoms with Gasteiger partial charge < -0.3 is 5.11 Å². The van der Waals surface area contributed by atoms with Crippen molar-refractivity contribution in [2.75, 3.05) is 6.54 Å². The summed E-state index contributed by atoms with van der Waals surface area (Å²) in [6, 6.07) is 10.8. The Hall–Kier alpha value is -2.69. The van der Waals surface area contributed by atoms with Crippen molar-refractivity contribution in [1.29, 1.82) is 0 Å². The van der Waals surface area contributed by atoms with Gasteiger partial charge in [0.05, 0.1) is 0 Å². The highest BCUT2D eigenvalue weighted by atomic mass is 16.4.